The summed E-state index contributed by atoms with van der Waals surface area (Å²) in [5, 5.41) is 11.7. The van der Waals surface area contributed by atoms with Gasteiger partial charge in [0.05, 0.1) is 5.60 Å². The molecule has 3 saturated carbocycles. The van der Waals surface area contributed by atoms with E-state index in [2.05, 4.69) is 13.8 Å². The first-order valence-corrected chi connectivity index (χ1v) is 8.85. The van der Waals surface area contributed by atoms with Gasteiger partial charge in [0.25, 0.3) is 0 Å². The van der Waals surface area contributed by atoms with Gasteiger partial charge in [0.1, 0.15) is 0 Å². The standard InChI is InChI=1S/C19H28O2/c1-17-8-3-4-15(17)16-6-5-13-12-14(20)7-9-18(13,2)19(16,21)11-10-17/h12,15-16,21H,3-11H2,1-2H3/t15?,16?,17-,18-,19+/m0/s1. The van der Waals surface area contributed by atoms with Gasteiger partial charge in [-0.05, 0) is 68.3 Å². The molecule has 3 fully saturated rings. The van der Waals surface area contributed by atoms with Crippen LogP contribution in [-0.2, 0) is 4.79 Å². The average molecular weight is 288 g/mol. The van der Waals surface area contributed by atoms with Crippen LogP contribution in [0.25, 0.3) is 0 Å². The summed E-state index contributed by atoms with van der Waals surface area (Å²) in [4.78, 5) is 11.8. The van der Waals surface area contributed by atoms with Crippen LogP contribution in [0.15, 0.2) is 11.6 Å². The quantitative estimate of drug-likeness (QED) is 0.731. The summed E-state index contributed by atoms with van der Waals surface area (Å²) in [5.41, 5.74) is 1.01. The lowest BCUT2D eigenvalue weighted by molar-refractivity contribution is -0.187. The zero-order chi connectivity index (χ0) is 14.9. The van der Waals surface area contributed by atoms with Gasteiger partial charge in [-0.1, -0.05) is 25.8 Å². The Bertz CT molecular complexity index is 522. The molecule has 5 atom stereocenters. The van der Waals surface area contributed by atoms with E-state index in [-0.39, 0.29) is 11.2 Å². The molecule has 1 N–H and O–H groups in total. The molecule has 0 amide bonds. The number of aliphatic hydroxyl groups is 1. The molecule has 0 aromatic heterocycles. The van der Waals surface area contributed by atoms with Crippen LogP contribution in [0, 0.1) is 22.7 Å². The molecular weight excluding hydrogens is 260 g/mol. The molecule has 0 heterocycles. The summed E-state index contributed by atoms with van der Waals surface area (Å²) in [7, 11) is 0. The summed E-state index contributed by atoms with van der Waals surface area (Å²) in [5.74, 6) is 1.42. The van der Waals surface area contributed by atoms with Gasteiger partial charge in [0.2, 0.25) is 0 Å². The Morgan fingerprint density at radius 2 is 1.86 bits per heavy atom. The number of hydrogen-bond acceptors (Lipinski definition) is 2. The molecule has 2 nitrogen and oxygen atoms in total. The van der Waals surface area contributed by atoms with Gasteiger partial charge < -0.3 is 5.11 Å². The van der Waals surface area contributed by atoms with E-state index in [0.717, 1.165) is 25.7 Å². The van der Waals surface area contributed by atoms with E-state index in [1.54, 1.807) is 0 Å². The summed E-state index contributed by atoms with van der Waals surface area (Å²) < 4.78 is 0. The van der Waals surface area contributed by atoms with E-state index in [0.29, 0.717) is 23.7 Å². The Morgan fingerprint density at radius 3 is 2.67 bits per heavy atom. The first-order chi connectivity index (χ1) is 9.89. The minimum Gasteiger partial charge on any atom is -0.389 e. The Labute approximate surface area is 128 Å². The second-order valence-electron chi connectivity index (χ2n) is 8.69. The molecule has 4 aliphatic rings. The molecule has 116 valence electrons. The third kappa shape index (κ3) is 1.66. The van der Waals surface area contributed by atoms with E-state index in [4.69, 9.17) is 0 Å². The van der Waals surface area contributed by atoms with Gasteiger partial charge in [-0.3, -0.25) is 4.79 Å². The van der Waals surface area contributed by atoms with Crippen molar-refractivity contribution in [1.82, 2.24) is 0 Å². The molecular formula is C19H28O2. The Balaban J connectivity index is 1.77. The number of hydrogen-bond donors (Lipinski definition) is 1. The maximum atomic E-state index is 11.8. The highest BCUT2D eigenvalue weighted by Crippen LogP contribution is 2.66. The van der Waals surface area contributed by atoms with Crippen LogP contribution in [0.1, 0.15) is 71.6 Å². The van der Waals surface area contributed by atoms with Crippen LogP contribution in [0.4, 0.5) is 0 Å². The van der Waals surface area contributed by atoms with Crippen LogP contribution in [0.2, 0.25) is 0 Å². The van der Waals surface area contributed by atoms with Crippen molar-refractivity contribution in [3.05, 3.63) is 11.6 Å². The van der Waals surface area contributed by atoms with Crippen LogP contribution in [0.3, 0.4) is 0 Å². The summed E-state index contributed by atoms with van der Waals surface area (Å²) >= 11 is 0. The van der Waals surface area contributed by atoms with E-state index < -0.39 is 5.60 Å². The molecule has 21 heavy (non-hydrogen) atoms. The van der Waals surface area contributed by atoms with Gasteiger partial charge in [-0.2, -0.15) is 0 Å². The van der Waals surface area contributed by atoms with E-state index in [1.807, 2.05) is 6.08 Å². The van der Waals surface area contributed by atoms with Crippen molar-refractivity contribution in [1.29, 1.82) is 0 Å². The number of carbonyl (C=O) groups is 1. The molecule has 0 radical (unpaired) electrons. The SMILES string of the molecule is C[C@@]12CCCC1C1CCC3=CC(=O)CC[C@]3(C)[C@@]1(O)CC2. The lowest BCUT2D eigenvalue weighted by atomic mass is 9.45. The van der Waals surface area contributed by atoms with E-state index >= 15 is 0 Å². The topological polar surface area (TPSA) is 37.3 Å². The monoisotopic (exact) mass is 288 g/mol. The molecule has 0 saturated heterocycles. The fraction of sp³-hybridized carbons (Fsp3) is 0.842. The van der Waals surface area contributed by atoms with Crippen molar-refractivity contribution >= 4 is 5.78 Å². The first kappa shape index (κ1) is 14.0. The maximum Gasteiger partial charge on any atom is 0.155 e. The molecule has 4 rings (SSSR count). The zero-order valence-corrected chi connectivity index (χ0v) is 13.5. The molecule has 4 aliphatic carbocycles. The average Bonchev–Trinajstić information content (AvgIpc) is 2.83. The number of carbonyl (C=O) groups excluding carboxylic acids is 1. The second-order valence-corrected chi connectivity index (χ2v) is 8.69. The third-order valence-corrected chi connectivity index (χ3v) is 7.93. The van der Waals surface area contributed by atoms with Crippen molar-refractivity contribution < 1.29 is 9.90 Å². The van der Waals surface area contributed by atoms with E-state index in [9.17, 15) is 9.90 Å². The number of ketones is 1. The normalized spacial score (nSPS) is 52.7. The predicted octanol–water partition coefficient (Wildman–Crippen LogP) is 4.02. The Hall–Kier alpha value is -0.630. The fourth-order valence-corrected chi connectivity index (χ4v) is 6.49. The summed E-state index contributed by atoms with van der Waals surface area (Å²) in [6.45, 7) is 4.71. The Kier molecular flexibility index (Phi) is 2.81. The lowest BCUT2D eigenvalue weighted by Crippen LogP contribution is -2.62. The largest absolute Gasteiger partial charge is 0.389 e. The van der Waals surface area contributed by atoms with Crippen LogP contribution >= 0.6 is 0 Å². The van der Waals surface area contributed by atoms with Crippen LogP contribution < -0.4 is 0 Å². The fourth-order valence-electron chi connectivity index (χ4n) is 6.49. The molecule has 0 aromatic rings. The smallest absolute Gasteiger partial charge is 0.155 e. The first-order valence-electron chi connectivity index (χ1n) is 8.85. The van der Waals surface area contributed by atoms with Gasteiger partial charge in [0, 0.05) is 11.8 Å². The predicted molar refractivity (Wildman–Crippen MR) is 82.8 cm³/mol. The summed E-state index contributed by atoms with van der Waals surface area (Å²) in [6.07, 6.45) is 11.6. The highest BCUT2D eigenvalue weighted by atomic mass is 16.3. The number of fused-ring (bicyclic) bond motifs is 5. The zero-order valence-electron chi connectivity index (χ0n) is 13.5. The Morgan fingerprint density at radius 1 is 1.05 bits per heavy atom. The molecule has 0 aliphatic heterocycles. The van der Waals surface area contributed by atoms with Crippen LogP contribution in [0.5, 0.6) is 0 Å². The minimum absolute atomic E-state index is 0.145. The van der Waals surface area contributed by atoms with Crippen molar-refractivity contribution in [2.45, 2.75) is 77.2 Å². The maximum absolute atomic E-state index is 11.8. The van der Waals surface area contributed by atoms with E-state index in [1.165, 1.54) is 31.3 Å². The minimum atomic E-state index is -0.563. The summed E-state index contributed by atoms with van der Waals surface area (Å²) in [6, 6.07) is 0. The van der Waals surface area contributed by atoms with Gasteiger partial charge in [-0.25, -0.2) is 0 Å². The molecule has 2 heteroatoms. The highest BCUT2D eigenvalue weighted by molar-refractivity contribution is 5.91. The van der Waals surface area contributed by atoms with Crippen LogP contribution in [-0.4, -0.2) is 16.5 Å². The van der Waals surface area contributed by atoms with Gasteiger partial charge in [-0.15, -0.1) is 0 Å². The molecule has 0 spiro atoms. The molecule has 0 aromatic carbocycles. The van der Waals surface area contributed by atoms with Crippen molar-refractivity contribution in [3.8, 4) is 0 Å². The van der Waals surface area contributed by atoms with Crippen molar-refractivity contribution in [3.63, 3.8) is 0 Å². The number of rotatable bonds is 0. The third-order valence-electron chi connectivity index (χ3n) is 7.93. The van der Waals surface area contributed by atoms with Crippen molar-refractivity contribution in [2.24, 2.45) is 22.7 Å². The highest BCUT2D eigenvalue weighted by Gasteiger charge is 2.63. The lowest BCUT2D eigenvalue weighted by Gasteiger charge is -2.62. The van der Waals surface area contributed by atoms with Crippen molar-refractivity contribution in [2.75, 3.05) is 0 Å². The molecule has 2 unspecified atom stereocenters. The second kappa shape index (κ2) is 4.22. The molecule has 0 bridgehead atoms. The van der Waals surface area contributed by atoms with Gasteiger partial charge >= 0.3 is 0 Å². The van der Waals surface area contributed by atoms with Gasteiger partial charge in [0.15, 0.2) is 5.78 Å².